The number of rotatable bonds is 4. The lowest BCUT2D eigenvalue weighted by Gasteiger charge is -2.13. The van der Waals surface area contributed by atoms with E-state index in [1.54, 1.807) is 0 Å². The largest absolute Gasteiger partial charge is 0.366 e. The highest BCUT2D eigenvalue weighted by Crippen LogP contribution is 2.09. The molecule has 0 aliphatic carbocycles. The first kappa shape index (κ1) is 11.8. The predicted octanol–water partition coefficient (Wildman–Crippen LogP) is -1.28. The molecule has 1 fully saturated rings. The zero-order chi connectivity index (χ0) is 12.1. The molecule has 1 rings (SSSR count). The van der Waals surface area contributed by atoms with Crippen LogP contribution in [0, 0.1) is 0 Å². The van der Waals surface area contributed by atoms with Gasteiger partial charge < -0.3 is 16.4 Å². The second kappa shape index (κ2) is 4.96. The van der Waals surface area contributed by atoms with E-state index in [1.807, 2.05) is 0 Å². The molecule has 1 aliphatic rings. The van der Waals surface area contributed by atoms with Crippen molar-refractivity contribution in [1.29, 1.82) is 0 Å². The summed E-state index contributed by atoms with van der Waals surface area (Å²) in [5.41, 5.74) is 9.79. The average molecular weight is 224 g/mol. The number of carbonyl (C=O) groups is 3. The highest BCUT2D eigenvalue weighted by atomic mass is 16.2. The zero-order valence-electron chi connectivity index (χ0n) is 8.50. The molecule has 1 heterocycles. The van der Waals surface area contributed by atoms with E-state index in [4.69, 9.17) is 11.5 Å². The van der Waals surface area contributed by atoms with Gasteiger partial charge in [-0.05, 0) is 0 Å². The summed E-state index contributed by atoms with van der Waals surface area (Å²) in [6, 6.07) is -0.338. The Labute approximate surface area is 92.0 Å². The van der Waals surface area contributed by atoms with Gasteiger partial charge in [0.2, 0.25) is 11.8 Å². The fraction of sp³-hybridized carbons (Fsp3) is 0.222. The van der Waals surface area contributed by atoms with Crippen LogP contribution in [0.2, 0.25) is 0 Å². The Morgan fingerprint density at radius 2 is 1.44 bits per heavy atom. The van der Waals surface area contributed by atoms with Gasteiger partial charge in [-0.2, -0.15) is 0 Å². The summed E-state index contributed by atoms with van der Waals surface area (Å²) < 4.78 is 0. The fourth-order valence-corrected chi connectivity index (χ4v) is 0.889. The molecule has 0 unspecified atom stereocenters. The van der Waals surface area contributed by atoms with Crippen LogP contribution >= 0.6 is 0 Å². The van der Waals surface area contributed by atoms with Gasteiger partial charge in [0.1, 0.15) is 0 Å². The second-order valence-electron chi connectivity index (χ2n) is 3.11. The summed E-state index contributed by atoms with van der Waals surface area (Å²) in [6.07, 6.45) is 4.41. The molecule has 0 aromatic heterocycles. The first-order valence-electron chi connectivity index (χ1n) is 4.53. The molecule has 86 valence electrons. The van der Waals surface area contributed by atoms with Crippen molar-refractivity contribution in [2.75, 3.05) is 13.1 Å². The topological polar surface area (TPSA) is 110 Å². The summed E-state index contributed by atoms with van der Waals surface area (Å²) in [7, 11) is 0. The van der Waals surface area contributed by atoms with Crippen LogP contribution in [-0.2, 0) is 9.59 Å². The monoisotopic (exact) mass is 224 g/mol. The third-order valence-corrected chi connectivity index (χ3v) is 1.74. The number of primary amides is 2. The minimum atomic E-state index is -0.684. The van der Waals surface area contributed by atoms with Crippen molar-refractivity contribution in [2.24, 2.45) is 11.5 Å². The van der Waals surface area contributed by atoms with Gasteiger partial charge in [-0.15, -0.1) is 0 Å². The second-order valence-corrected chi connectivity index (χ2v) is 3.11. The molecule has 0 atom stereocenters. The molecule has 7 heteroatoms. The quantitative estimate of drug-likeness (QED) is 0.458. The normalized spacial score (nSPS) is 14.4. The molecule has 4 N–H and O–H groups in total. The van der Waals surface area contributed by atoms with Crippen LogP contribution in [0.5, 0.6) is 0 Å². The van der Waals surface area contributed by atoms with Gasteiger partial charge in [0, 0.05) is 37.6 Å². The first-order valence-corrected chi connectivity index (χ1v) is 4.53. The number of hydrogen-bond donors (Lipinski definition) is 2. The molecule has 1 saturated heterocycles. The molecule has 16 heavy (non-hydrogen) atoms. The molecular weight excluding hydrogens is 212 g/mol. The van der Waals surface area contributed by atoms with Crippen LogP contribution in [0.1, 0.15) is 0 Å². The molecule has 0 bridgehead atoms. The third kappa shape index (κ3) is 3.82. The lowest BCUT2D eigenvalue weighted by molar-refractivity contribution is -0.114. The minimum absolute atomic E-state index is 0.338. The molecule has 4 amide bonds. The van der Waals surface area contributed by atoms with Gasteiger partial charge in [-0.1, -0.05) is 0 Å². The lowest BCUT2D eigenvalue weighted by atomic mass is 10.5. The van der Waals surface area contributed by atoms with E-state index in [2.05, 4.69) is 0 Å². The summed E-state index contributed by atoms with van der Waals surface area (Å²) in [5, 5.41) is 0. The van der Waals surface area contributed by atoms with Gasteiger partial charge >= 0.3 is 6.03 Å². The van der Waals surface area contributed by atoms with Gasteiger partial charge in [0.25, 0.3) is 0 Å². The lowest BCUT2D eigenvalue weighted by Crippen LogP contribution is -2.26. The molecule has 1 aliphatic heterocycles. The summed E-state index contributed by atoms with van der Waals surface area (Å²) >= 11 is 0. The third-order valence-electron chi connectivity index (χ3n) is 1.74. The van der Waals surface area contributed by atoms with E-state index < -0.39 is 11.8 Å². The molecule has 0 radical (unpaired) electrons. The molecule has 0 aromatic carbocycles. The van der Waals surface area contributed by atoms with E-state index in [9.17, 15) is 14.4 Å². The number of hydrogen-bond acceptors (Lipinski definition) is 3. The maximum atomic E-state index is 11.6. The number of urea groups is 1. The van der Waals surface area contributed by atoms with E-state index in [1.165, 1.54) is 17.3 Å². The van der Waals surface area contributed by atoms with Crippen LogP contribution in [0.15, 0.2) is 24.6 Å². The van der Waals surface area contributed by atoms with Gasteiger partial charge in [0.15, 0.2) is 0 Å². The number of amides is 4. The molecule has 0 spiro atoms. The molecular formula is C9H12N4O3. The SMILES string of the molecule is NC(=O)C=CN(C=CC(N)=O)C(=O)N1CC1. The minimum Gasteiger partial charge on any atom is -0.366 e. The summed E-state index contributed by atoms with van der Waals surface area (Å²) in [4.78, 5) is 35.2. The fourth-order valence-electron chi connectivity index (χ4n) is 0.889. The Morgan fingerprint density at radius 3 is 1.75 bits per heavy atom. The maximum absolute atomic E-state index is 11.6. The van der Waals surface area contributed by atoms with Crippen LogP contribution in [0.25, 0.3) is 0 Å². The smallest absolute Gasteiger partial charge is 0.328 e. The first-order chi connectivity index (χ1) is 7.50. The van der Waals surface area contributed by atoms with Crippen LogP contribution < -0.4 is 11.5 Å². The van der Waals surface area contributed by atoms with Crippen molar-refractivity contribution in [1.82, 2.24) is 9.80 Å². The number of carbonyl (C=O) groups excluding carboxylic acids is 3. The van der Waals surface area contributed by atoms with Gasteiger partial charge in [-0.25, -0.2) is 4.79 Å². The van der Waals surface area contributed by atoms with Crippen molar-refractivity contribution in [3.8, 4) is 0 Å². The maximum Gasteiger partial charge on any atom is 0.328 e. The van der Waals surface area contributed by atoms with E-state index >= 15 is 0 Å². The highest BCUT2D eigenvalue weighted by molar-refractivity contribution is 5.88. The van der Waals surface area contributed by atoms with Crippen LogP contribution in [-0.4, -0.2) is 40.7 Å². The van der Waals surface area contributed by atoms with Crippen molar-refractivity contribution in [3.63, 3.8) is 0 Å². The standard InChI is InChI=1S/C9H12N4O3/c10-7(14)1-3-12(4-2-8(11)15)9(16)13-5-6-13/h1-4H,5-6H2,(H2,10,14)(H2,11,15). The van der Waals surface area contributed by atoms with E-state index in [0.29, 0.717) is 13.1 Å². The average Bonchev–Trinajstić information content (AvgIpc) is 2.99. The Bertz CT molecular complexity index is 347. The van der Waals surface area contributed by atoms with Crippen molar-refractivity contribution in [2.45, 2.75) is 0 Å². The van der Waals surface area contributed by atoms with Gasteiger partial charge in [-0.3, -0.25) is 14.5 Å². The van der Waals surface area contributed by atoms with Crippen LogP contribution in [0.4, 0.5) is 4.79 Å². The predicted molar refractivity (Wildman–Crippen MR) is 55.5 cm³/mol. The van der Waals surface area contributed by atoms with Crippen molar-refractivity contribution in [3.05, 3.63) is 24.6 Å². The molecule has 0 aromatic rings. The highest BCUT2D eigenvalue weighted by Gasteiger charge is 2.27. The van der Waals surface area contributed by atoms with E-state index in [-0.39, 0.29) is 6.03 Å². The molecule has 7 nitrogen and oxygen atoms in total. The number of nitrogens with two attached hydrogens (primary N) is 2. The van der Waals surface area contributed by atoms with E-state index in [0.717, 1.165) is 17.1 Å². The Hall–Kier alpha value is -2.31. The van der Waals surface area contributed by atoms with Gasteiger partial charge in [0.05, 0.1) is 0 Å². The Kier molecular flexibility index (Phi) is 3.65. The Balaban J connectivity index is 2.71. The number of nitrogens with zero attached hydrogens (tertiary/aromatic N) is 2. The zero-order valence-corrected chi connectivity index (χ0v) is 8.50. The van der Waals surface area contributed by atoms with Crippen molar-refractivity contribution >= 4 is 17.8 Å². The van der Waals surface area contributed by atoms with Crippen LogP contribution in [0.3, 0.4) is 0 Å². The Morgan fingerprint density at radius 1 is 1.00 bits per heavy atom. The summed E-state index contributed by atoms with van der Waals surface area (Å²) in [5.74, 6) is -1.37. The van der Waals surface area contributed by atoms with Crippen molar-refractivity contribution < 1.29 is 14.4 Å². The summed E-state index contributed by atoms with van der Waals surface area (Å²) in [6.45, 7) is 1.31. The molecule has 0 saturated carbocycles.